The van der Waals surface area contributed by atoms with Gasteiger partial charge in [0.2, 0.25) is 29.5 Å². The van der Waals surface area contributed by atoms with Gasteiger partial charge in [-0.15, -0.1) is 0 Å². The summed E-state index contributed by atoms with van der Waals surface area (Å²) in [6, 6.07) is -9.63. The van der Waals surface area contributed by atoms with Gasteiger partial charge in [0.05, 0.1) is 78.8 Å². The molecule has 0 spiro atoms. The number of aliphatic hydroxyl groups is 29. The smallest absolute Gasteiger partial charge is 0.217 e. The predicted octanol–water partition coefficient (Wildman–Crippen LogP) is -23.4. The fraction of sp³-hybridized carbons (Fsp3) is 0.941. The first-order chi connectivity index (χ1) is 71.1. The highest BCUT2D eigenvalue weighted by Gasteiger charge is 2.64. The number of carbonyl (C=O) groups is 5. The van der Waals surface area contributed by atoms with E-state index < -0.39 is 470 Å². The van der Waals surface area contributed by atoms with E-state index >= 15 is 0 Å². The quantitative estimate of drug-likeness (QED) is 0.0270. The van der Waals surface area contributed by atoms with Crippen molar-refractivity contribution in [3.8, 4) is 0 Å². The van der Waals surface area contributed by atoms with E-state index in [0.29, 0.717) is 0 Å². The van der Waals surface area contributed by atoms with Crippen molar-refractivity contribution >= 4 is 29.5 Å². The highest BCUT2D eigenvalue weighted by molar-refractivity contribution is 5.75. The summed E-state index contributed by atoms with van der Waals surface area (Å²) in [5.74, 6) is -4.74. The van der Waals surface area contributed by atoms with E-state index in [9.17, 15) is 172 Å². The van der Waals surface area contributed by atoms with E-state index in [2.05, 4.69) is 26.6 Å². The first-order valence-corrected chi connectivity index (χ1v) is 48.2. The lowest BCUT2D eigenvalue weighted by Gasteiger charge is -2.51. The summed E-state index contributed by atoms with van der Waals surface area (Å²) in [5, 5.41) is 344. The Kier molecular flexibility index (Phi) is 45.2. The third-order valence-electron chi connectivity index (χ3n) is 27.8. The Bertz CT molecular complexity index is 4170. The third-order valence-corrected chi connectivity index (χ3v) is 27.8. The first-order valence-electron chi connectivity index (χ1n) is 48.2. The van der Waals surface area contributed by atoms with Gasteiger partial charge in [-0.3, -0.25) is 24.0 Å². The molecule has 0 saturated carbocycles. The zero-order valence-corrected chi connectivity index (χ0v) is 82.0. The van der Waals surface area contributed by atoms with E-state index in [4.69, 9.17) is 123 Å². The molecular weight excluding hydrogens is 2050 g/mol. The molecule has 868 valence electrons. The van der Waals surface area contributed by atoms with Gasteiger partial charge in [0.25, 0.3) is 0 Å². The Labute approximate surface area is 852 Å². The number of aliphatic hydroxyl groups excluding tert-OH is 29. The lowest BCUT2D eigenvalue weighted by atomic mass is 9.93. The van der Waals surface area contributed by atoms with Gasteiger partial charge in [0, 0.05) is 55.9 Å². The van der Waals surface area contributed by atoms with Gasteiger partial charge in [0.1, 0.15) is 287 Å². The van der Waals surface area contributed by atoms with Crippen LogP contribution in [0, 0.1) is 0 Å². The average molecular weight is 2200 g/mol. The second-order valence-corrected chi connectivity index (χ2v) is 38.0. The van der Waals surface area contributed by atoms with Crippen LogP contribution in [0.3, 0.4) is 0 Å². The Balaban J connectivity index is 0.888. The van der Waals surface area contributed by atoms with Crippen LogP contribution in [0.15, 0.2) is 0 Å². The zero-order chi connectivity index (χ0) is 110. The van der Waals surface area contributed by atoms with E-state index in [-0.39, 0.29) is 0 Å². The Hall–Kier alpha value is -4.85. The maximum Gasteiger partial charge on any atom is 0.217 e. The summed E-state index contributed by atoms with van der Waals surface area (Å²) < 4.78 is 155. The Morgan fingerprint density at radius 2 is 0.433 bits per heavy atom. The molecule has 34 N–H and O–H groups in total. The zero-order valence-electron chi connectivity index (χ0n) is 82.0. The van der Waals surface area contributed by atoms with Crippen LogP contribution >= 0.6 is 0 Å². The summed E-state index contributed by atoms with van der Waals surface area (Å²) in [5.41, 5.74) is 0. The van der Waals surface area contributed by atoms with Crippen LogP contribution in [-0.4, -0.2) is 640 Å². The molecule has 12 fully saturated rings. The molecule has 12 aliphatic heterocycles. The van der Waals surface area contributed by atoms with Crippen LogP contribution in [0.5, 0.6) is 0 Å². The maximum atomic E-state index is 13.5. The first kappa shape index (κ1) is 124. The fourth-order valence-corrected chi connectivity index (χ4v) is 19.9. The van der Waals surface area contributed by atoms with Gasteiger partial charge in [-0.1, -0.05) is 0 Å². The normalized spacial score (nSPS) is 48.8. The average Bonchev–Trinajstić information content (AvgIpc) is 0.755. The summed E-state index contributed by atoms with van der Waals surface area (Å²) in [7, 11) is 3.25. The van der Waals surface area contributed by atoms with Crippen molar-refractivity contribution < 1.29 is 295 Å². The second-order valence-electron chi connectivity index (χ2n) is 38.0. The van der Waals surface area contributed by atoms with Gasteiger partial charge in [-0.05, 0) is 6.92 Å². The second kappa shape index (κ2) is 54.8. The number of ether oxygens (including phenoxy) is 26. The molecule has 0 aromatic rings. The molecule has 0 aromatic heterocycles. The number of amides is 5. The van der Waals surface area contributed by atoms with Gasteiger partial charge >= 0.3 is 0 Å². The van der Waals surface area contributed by atoms with E-state index in [1.807, 2.05) is 0 Å². The van der Waals surface area contributed by atoms with Crippen LogP contribution in [0.25, 0.3) is 0 Å². The van der Waals surface area contributed by atoms with Crippen molar-refractivity contribution in [3.63, 3.8) is 0 Å². The third kappa shape index (κ3) is 27.5. The number of hydrogen-bond donors (Lipinski definition) is 34. The Morgan fingerprint density at radius 1 is 0.200 bits per heavy atom. The highest BCUT2D eigenvalue weighted by Crippen LogP contribution is 2.43. The predicted molar refractivity (Wildman–Crippen MR) is 466 cm³/mol. The number of hydrogen-bond acceptors (Lipinski definition) is 60. The van der Waals surface area contributed by atoms with Crippen molar-refractivity contribution in [2.45, 2.75) is 410 Å². The SMILES string of the molecule is CO[C@H]1[C@@H](O)[C@@H](CO)O[C@@H](O[C@H]2[C@H](O)[C@@H](NC(C)=O)[C@H](OC[C@H]3O[C@H](OC[C@H]4O[C@H](O[C@H]5[C@H](O)[C@@H](NC(C)=O)[C@H](O[C@H]6[C@H](O)[C@@H](NC(C)=O)[C@H](O)O[C@@H]6CO[C@@H]6O[C@@H](C)[C@@H](O)[C@@H](O)[C@@H]6O)O[C@@H]5CO)[C@@H](O)[C@@H](O[C@H]5O[C@H](CO)[C@@H](O[C@@H]6O[C@H](CO)[C@@H](O[C@@H]7O[C@H](CO)[C@H](O)[C@H](OC)[C@H]7O)[C@H](O)[C@H]6NC(C)=O)[C@H](O)[C@@H]5O)[C@@H]4O)[C@@H](O[C@@H]4O[C@H](CO)[C@@H](O[C@@H]5O[C@H](CO)[C@H](O)[C@H](OC)[C@H]5O)[C@H](O)[C@H]4NC(C)=O)[C@@H](O)[C@@H]3O)O[C@@H]2CO)[C@@H]1O. The topological polar surface area (TPSA) is 972 Å². The molecule has 150 heavy (non-hydrogen) atoms. The van der Waals surface area contributed by atoms with Crippen molar-refractivity contribution in [2.75, 3.05) is 94.0 Å². The van der Waals surface area contributed by atoms with Crippen molar-refractivity contribution in [2.24, 2.45) is 0 Å². The van der Waals surface area contributed by atoms with Crippen molar-refractivity contribution in [3.05, 3.63) is 0 Å². The maximum absolute atomic E-state index is 13.5. The molecule has 12 aliphatic rings. The molecule has 12 saturated heterocycles. The molecule has 0 unspecified atom stereocenters. The monoisotopic (exact) mass is 2190 g/mol. The lowest BCUT2D eigenvalue weighted by Crippen LogP contribution is -2.71. The molecular formula is C85H143N5O60. The Morgan fingerprint density at radius 3 is 0.793 bits per heavy atom. The van der Waals surface area contributed by atoms with Crippen LogP contribution < -0.4 is 26.6 Å². The van der Waals surface area contributed by atoms with Gasteiger partial charge in [-0.2, -0.15) is 0 Å². The summed E-state index contributed by atoms with van der Waals surface area (Å²) >= 11 is 0. The number of methoxy groups -OCH3 is 3. The standard InChI is InChI=1S/C85H143N5O60/c1-21-43(104)54(115)57(118)79(131-21)129-20-37-68(49(110)38(74(124)132-37)86-22(2)99)144-77-41(89-25(5)102)52(113)66(32(15-96)138-77)148-84-62(123)72(149-80-58(119)56(117)67(34(17-98)140-80)143-76-40(88-24(4)101)51(112)64(31(14-95)137-76)146-82-60(121)70(126-8)46(107)28(11-92)134-82)48(109)36(141-84)19-130-85-73(150-78-42(90-26(6)103)53(114)65(33(16-97)139-78)147-83-61(122)71(127-9)47(108)29(12-93)135-83)55(116)44(105)35(142-85)18-128-75-39(87-23(3)100)50(111)63(30(13-94)136-75)145-81-59(120)69(125-7)45(106)27(10-91)133-81/h21,27-85,91-98,104-124H,10-20H2,1-9H3,(H,86,99)(H,87,100)(H,88,101)(H,89,102)(H,90,103)/t21-,27+,28+,29+,30+,31+,32+,33+,34+,35+,36+,37+,38+,39+,40+,41+,42+,43+,44+,45-,46-,47-,48+,49+,50+,51+,52+,53+,54+,55-,56+,57-,58-,59+,60+,61+,62-,63+,64+,65+,66+,67+,68+,69-,70-,71-,72-,73-,74+,75+,76-,77-,78-,79+,80+,81-,82-,83-,84+,85-/m0/s1. The van der Waals surface area contributed by atoms with Gasteiger partial charge in [-0.25, -0.2) is 0 Å². The van der Waals surface area contributed by atoms with Gasteiger partial charge < -0.3 is 298 Å². The fourth-order valence-electron chi connectivity index (χ4n) is 19.9. The molecule has 0 aliphatic carbocycles. The number of nitrogens with one attached hydrogen (secondary N) is 5. The van der Waals surface area contributed by atoms with Crippen molar-refractivity contribution in [1.82, 2.24) is 26.6 Å². The summed E-state index contributed by atoms with van der Waals surface area (Å²) in [4.78, 5) is 65.5. The minimum Gasteiger partial charge on any atom is -0.394 e. The van der Waals surface area contributed by atoms with Crippen LogP contribution in [0.1, 0.15) is 41.5 Å². The molecule has 0 bridgehead atoms. The van der Waals surface area contributed by atoms with E-state index in [1.54, 1.807) is 0 Å². The molecule has 12 rings (SSSR count). The molecule has 65 heteroatoms. The summed E-state index contributed by atoms with van der Waals surface area (Å²) in [6.07, 6.45) is -112. The minimum absolute atomic E-state index is 0.870. The largest absolute Gasteiger partial charge is 0.394 e. The molecule has 0 radical (unpaired) electrons. The number of rotatable bonds is 41. The lowest BCUT2D eigenvalue weighted by molar-refractivity contribution is -0.395. The van der Waals surface area contributed by atoms with Crippen LogP contribution in [-0.2, 0) is 147 Å². The highest BCUT2D eigenvalue weighted by atomic mass is 16.8. The molecule has 60 atom stereocenters. The summed E-state index contributed by atoms with van der Waals surface area (Å²) in [6.45, 7) is -6.04. The minimum atomic E-state index is -2.68. The van der Waals surface area contributed by atoms with Crippen LogP contribution in [0.4, 0.5) is 0 Å². The molecule has 12 heterocycles. The van der Waals surface area contributed by atoms with Gasteiger partial charge in [0.15, 0.2) is 75.5 Å². The molecule has 65 nitrogen and oxygen atoms in total. The van der Waals surface area contributed by atoms with Crippen molar-refractivity contribution in [1.29, 1.82) is 0 Å². The van der Waals surface area contributed by atoms with E-state index in [1.165, 1.54) is 6.92 Å². The van der Waals surface area contributed by atoms with E-state index in [0.717, 1.165) is 55.9 Å². The number of carbonyl (C=O) groups excluding carboxylic acids is 5. The molecule has 0 aromatic carbocycles. The molecule has 5 amide bonds. The van der Waals surface area contributed by atoms with Crippen LogP contribution in [0.2, 0.25) is 0 Å².